The minimum absolute atomic E-state index is 0.791. The molecule has 1 aromatic heterocycles. The maximum Gasteiger partial charge on any atom is 0.149 e. The van der Waals surface area contributed by atoms with Gasteiger partial charge in [0.25, 0.3) is 0 Å². The van der Waals surface area contributed by atoms with Gasteiger partial charge in [0, 0.05) is 17.5 Å². The van der Waals surface area contributed by atoms with Crippen LogP contribution < -0.4 is 10.1 Å². The summed E-state index contributed by atoms with van der Waals surface area (Å²) in [6.07, 6.45) is 2.91. The predicted octanol–water partition coefficient (Wildman–Crippen LogP) is 4.47. The Hall–Kier alpha value is -0.520. The van der Waals surface area contributed by atoms with Crippen LogP contribution in [0.1, 0.15) is 18.9 Å². The largest absolute Gasteiger partial charge is 0.496 e. The van der Waals surface area contributed by atoms with Crippen LogP contribution in [0.4, 0.5) is 0 Å². The van der Waals surface area contributed by atoms with E-state index in [1.54, 1.807) is 13.4 Å². The molecule has 0 aliphatic rings. The highest BCUT2D eigenvalue weighted by Gasteiger charge is 2.16. The average Bonchev–Trinajstić information content (AvgIpc) is 2.79. The molecule has 0 saturated carbocycles. The topological polar surface area (TPSA) is 34.4 Å². The lowest BCUT2D eigenvalue weighted by Gasteiger charge is -2.07. The number of rotatable bonds is 5. The van der Waals surface area contributed by atoms with E-state index in [0.717, 1.165) is 50.7 Å². The van der Waals surface area contributed by atoms with E-state index in [-0.39, 0.29) is 0 Å². The van der Waals surface area contributed by atoms with Crippen LogP contribution in [0.25, 0.3) is 11.0 Å². The van der Waals surface area contributed by atoms with Gasteiger partial charge in [-0.2, -0.15) is 0 Å². The summed E-state index contributed by atoms with van der Waals surface area (Å²) in [4.78, 5) is 0. The molecule has 5 heteroatoms. The Morgan fingerprint density at radius 3 is 2.83 bits per heavy atom. The third kappa shape index (κ3) is 2.58. The van der Waals surface area contributed by atoms with Crippen LogP contribution in [-0.2, 0) is 6.54 Å². The zero-order valence-electron chi connectivity index (χ0n) is 10.3. The Balaban J connectivity index is 2.46. The number of methoxy groups -OCH3 is 1. The van der Waals surface area contributed by atoms with Crippen molar-refractivity contribution in [3.63, 3.8) is 0 Å². The molecule has 0 aliphatic carbocycles. The summed E-state index contributed by atoms with van der Waals surface area (Å²) < 4.78 is 12.8. The predicted molar refractivity (Wildman–Crippen MR) is 80.2 cm³/mol. The first-order valence-electron chi connectivity index (χ1n) is 5.81. The van der Waals surface area contributed by atoms with E-state index in [2.05, 4.69) is 44.1 Å². The summed E-state index contributed by atoms with van der Waals surface area (Å²) in [5.41, 5.74) is 1.97. The molecule has 2 rings (SSSR count). The molecule has 0 bridgehead atoms. The number of ether oxygens (including phenoxy) is 1. The van der Waals surface area contributed by atoms with Crippen LogP contribution in [0.2, 0.25) is 0 Å². The molecular weight excluding hydrogens is 362 g/mol. The molecule has 0 radical (unpaired) electrons. The van der Waals surface area contributed by atoms with E-state index in [4.69, 9.17) is 9.15 Å². The lowest BCUT2D eigenvalue weighted by molar-refractivity contribution is 0.412. The number of furan rings is 1. The summed E-state index contributed by atoms with van der Waals surface area (Å²) in [7, 11) is 1.66. The van der Waals surface area contributed by atoms with E-state index >= 15 is 0 Å². The van der Waals surface area contributed by atoms with Gasteiger partial charge in [0.1, 0.15) is 11.3 Å². The highest BCUT2D eigenvalue weighted by Crippen LogP contribution is 2.40. The van der Waals surface area contributed by atoms with Gasteiger partial charge >= 0.3 is 0 Å². The van der Waals surface area contributed by atoms with Gasteiger partial charge in [0.15, 0.2) is 0 Å². The van der Waals surface area contributed by atoms with Crippen molar-refractivity contribution in [2.75, 3.05) is 13.7 Å². The maximum atomic E-state index is 5.62. The summed E-state index contributed by atoms with van der Waals surface area (Å²) >= 11 is 7.08. The number of halogens is 2. The number of hydrogen-bond donors (Lipinski definition) is 1. The summed E-state index contributed by atoms with van der Waals surface area (Å²) in [6, 6.07) is 1.90. The van der Waals surface area contributed by atoms with E-state index in [1.165, 1.54) is 0 Å². The molecule has 0 fully saturated rings. The Morgan fingerprint density at radius 2 is 2.17 bits per heavy atom. The number of fused-ring (bicyclic) bond motifs is 1. The normalized spacial score (nSPS) is 11.1. The van der Waals surface area contributed by atoms with Gasteiger partial charge in [0.2, 0.25) is 0 Å². The molecular formula is C13H15Br2NO2. The molecule has 0 saturated heterocycles. The molecule has 18 heavy (non-hydrogen) atoms. The molecule has 0 aliphatic heterocycles. The fraction of sp³-hybridized carbons (Fsp3) is 0.385. The molecule has 98 valence electrons. The fourth-order valence-corrected chi connectivity index (χ4v) is 3.07. The first-order valence-corrected chi connectivity index (χ1v) is 7.40. The molecule has 0 atom stereocenters. The van der Waals surface area contributed by atoms with Gasteiger partial charge in [-0.15, -0.1) is 0 Å². The molecule has 3 nitrogen and oxygen atoms in total. The van der Waals surface area contributed by atoms with E-state index in [0.29, 0.717) is 0 Å². The quantitative estimate of drug-likeness (QED) is 0.782. The lowest BCUT2D eigenvalue weighted by atomic mass is 10.1. The average molecular weight is 377 g/mol. The van der Waals surface area contributed by atoms with Crippen LogP contribution in [0.5, 0.6) is 5.75 Å². The van der Waals surface area contributed by atoms with Crippen molar-refractivity contribution in [2.24, 2.45) is 0 Å². The van der Waals surface area contributed by atoms with Crippen molar-refractivity contribution in [3.8, 4) is 5.75 Å². The summed E-state index contributed by atoms with van der Waals surface area (Å²) in [5.74, 6) is 0.799. The number of nitrogens with one attached hydrogen (secondary N) is 1. The molecule has 1 aromatic carbocycles. The van der Waals surface area contributed by atoms with Crippen molar-refractivity contribution in [1.29, 1.82) is 0 Å². The third-order valence-electron chi connectivity index (χ3n) is 2.74. The Kier molecular flexibility index (Phi) is 4.70. The molecule has 0 spiro atoms. The Morgan fingerprint density at radius 1 is 1.39 bits per heavy atom. The minimum Gasteiger partial charge on any atom is -0.496 e. The second-order valence-electron chi connectivity index (χ2n) is 4.02. The van der Waals surface area contributed by atoms with Gasteiger partial charge in [0.05, 0.1) is 22.3 Å². The van der Waals surface area contributed by atoms with Gasteiger partial charge in [-0.3, -0.25) is 0 Å². The van der Waals surface area contributed by atoms with Crippen molar-refractivity contribution in [2.45, 2.75) is 19.9 Å². The van der Waals surface area contributed by atoms with Crippen LogP contribution in [-0.4, -0.2) is 13.7 Å². The number of benzene rings is 1. The molecule has 2 aromatic rings. The SMILES string of the molecule is CCCNCc1coc2c(Br)cc(OC)c(Br)c12. The monoisotopic (exact) mass is 375 g/mol. The van der Waals surface area contributed by atoms with Crippen LogP contribution in [0.3, 0.4) is 0 Å². The fourth-order valence-electron chi connectivity index (χ4n) is 1.86. The smallest absolute Gasteiger partial charge is 0.149 e. The van der Waals surface area contributed by atoms with E-state index in [9.17, 15) is 0 Å². The zero-order valence-corrected chi connectivity index (χ0v) is 13.5. The van der Waals surface area contributed by atoms with Crippen LogP contribution in [0, 0.1) is 0 Å². The van der Waals surface area contributed by atoms with Crippen molar-refractivity contribution in [3.05, 3.63) is 26.8 Å². The molecule has 1 N–H and O–H groups in total. The first kappa shape index (κ1) is 13.9. The second-order valence-corrected chi connectivity index (χ2v) is 5.66. The highest BCUT2D eigenvalue weighted by molar-refractivity contribution is 9.11. The van der Waals surface area contributed by atoms with Crippen molar-refractivity contribution < 1.29 is 9.15 Å². The second kappa shape index (κ2) is 6.08. The minimum atomic E-state index is 0.791. The van der Waals surface area contributed by atoms with Crippen molar-refractivity contribution >= 4 is 42.8 Å². The van der Waals surface area contributed by atoms with E-state index < -0.39 is 0 Å². The van der Waals surface area contributed by atoms with Crippen LogP contribution >= 0.6 is 31.9 Å². The Bertz CT molecular complexity index is 551. The van der Waals surface area contributed by atoms with Gasteiger partial charge in [-0.05, 0) is 50.9 Å². The summed E-state index contributed by atoms with van der Waals surface area (Å²) in [6.45, 7) is 3.94. The van der Waals surface area contributed by atoms with Crippen molar-refractivity contribution in [1.82, 2.24) is 5.32 Å². The standard InChI is InChI=1S/C13H15Br2NO2/c1-3-4-16-6-8-7-18-13-9(14)5-10(17-2)12(15)11(8)13/h5,7,16H,3-4,6H2,1-2H3. The highest BCUT2D eigenvalue weighted by atomic mass is 79.9. The van der Waals surface area contributed by atoms with Gasteiger partial charge in [-0.25, -0.2) is 0 Å². The zero-order chi connectivity index (χ0) is 13.1. The third-order valence-corrected chi connectivity index (χ3v) is 4.12. The molecule has 0 amide bonds. The summed E-state index contributed by atoms with van der Waals surface area (Å²) in [5, 5.41) is 4.44. The van der Waals surface area contributed by atoms with Crippen LogP contribution in [0.15, 0.2) is 25.7 Å². The molecule has 1 heterocycles. The Labute approximate surface area is 123 Å². The lowest BCUT2D eigenvalue weighted by Crippen LogP contribution is -2.13. The molecule has 0 unspecified atom stereocenters. The van der Waals surface area contributed by atoms with Gasteiger partial charge < -0.3 is 14.5 Å². The van der Waals surface area contributed by atoms with E-state index in [1.807, 2.05) is 6.07 Å². The number of hydrogen-bond acceptors (Lipinski definition) is 3. The van der Waals surface area contributed by atoms with Gasteiger partial charge in [-0.1, -0.05) is 6.92 Å². The maximum absolute atomic E-state index is 5.62. The first-order chi connectivity index (χ1) is 8.69.